The Hall–Kier alpha value is -1.76. The van der Waals surface area contributed by atoms with Crippen molar-refractivity contribution in [2.45, 2.75) is 18.8 Å². The van der Waals surface area contributed by atoms with Crippen molar-refractivity contribution in [3.05, 3.63) is 30.3 Å². The number of nitrogens with one attached hydrogen (secondary N) is 2. The highest BCUT2D eigenvalue weighted by atomic mass is 19.4. The van der Waals surface area contributed by atoms with Crippen LogP contribution in [0.15, 0.2) is 30.3 Å². The van der Waals surface area contributed by atoms with Gasteiger partial charge in [0.25, 0.3) is 0 Å². The minimum atomic E-state index is -4.75. The molecule has 19 heavy (non-hydrogen) atoms. The van der Waals surface area contributed by atoms with E-state index in [2.05, 4.69) is 10.6 Å². The number of carbonyl (C=O) groups excluding carboxylic acids is 1. The van der Waals surface area contributed by atoms with E-state index in [9.17, 15) is 18.0 Å². The SMILES string of the molecule is O=C(NC1CCNC1)N(c1ccccc1)C(F)(F)F. The molecule has 4 nitrogen and oxygen atoms in total. The zero-order valence-corrected chi connectivity index (χ0v) is 10.1. The number of alkyl halides is 3. The topological polar surface area (TPSA) is 44.4 Å². The molecule has 0 saturated carbocycles. The first-order chi connectivity index (χ1) is 8.98. The first-order valence-corrected chi connectivity index (χ1v) is 5.91. The van der Waals surface area contributed by atoms with E-state index < -0.39 is 12.3 Å². The van der Waals surface area contributed by atoms with Crippen LogP contribution in [0.4, 0.5) is 23.7 Å². The third-order valence-electron chi connectivity index (χ3n) is 2.86. The van der Waals surface area contributed by atoms with Gasteiger partial charge in [-0.25, -0.2) is 9.69 Å². The number of hydrogen-bond acceptors (Lipinski definition) is 2. The van der Waals surface area contributed by atoms with Crippen LogP contribution < -0.4 is 15.5 Å². The number of nitrogens with zero attached hydrogens (tertiary/aromatic N) is 1. The standard InChI is InChI=1S/C12H14F3N3O/c13-12(14,15)18(10-4-2-1-3-5-10)11(19)17-9-6-7-16-8-9/h1-5,9,16H,6-8H2,(H,17,19). The van der Waals surface area contributed by atoms with Crippen molar-refractivity contribution in [1.29, 1.82) is 0 Å². The first kappa shape index (κ1) is 13.7. The summed E-state index contributed by atoms with van der Waals surface area (Å²) in [6, 6.07) is 5.60. The fraction of sp³-hybridized carbons (Fsp3) is 0.417. The highest BCUT2D eigenvalue weighted by molar-refractivity contribution is 5.92. The first-order valence-electron chi connectivity index (χ1n) is 5.91. The number of para-hydroxylation sites is 1. The Labute approximate surface area is 108 Å². The Morgan fingerprint density at radius 3 is 2.53 bits per heavy atom. The average Bonchev–Trinajstić information content (AvgIpc) is 2.81. The molecule has 1 saturated heterocycles. The summed E-state index contributed by atoms with van der Waals surface area (Å²) < 4.78 is 38.9. The molecule has 0 aromatic heterocycles. The lowest BCUT2D eigenvalue weighted by molar-refractivity contribution is -0.121. The summed E-state index contributed by atoms with van der Waals surface area (Å²) >= 11 is 0. The van der Waals surface area contributed by atoms with E-state index >= 15 is 0 Å². The molecular weight excluding hydrogens is 259 g/mol. The Bertz CT molecular complexity index is 430. The second-order valence-corrected chi connectivity index (χ2v) is 4.28. The molecule has 1 aromatic carbocycles. The Balaban J connectivity index is 2.16. The zero-order valence-electron chi connectivity index (χ0n) is 10.1. The van der Waals surface area contributed by atoms with Crippen LogP contribution in [0.2, 0.25) is 0 Å². The van der Waals surface area contributed by atoms with E-state index in [0.29, 0.717) is 19.5 Å². The molecule has 1 unspecified atom stereocenters. The third-order valence-corrected chi connectivity index (χ3v) is 2.86. The molecule has 1 atom stereocenters. The van der Waals surface area contributed by atoms with Gasteiger partial charge in [0.05, 0.1) is 5.69 Å². The molecule has 0 spiro atoms. The summed E-state index contributed by atoms with van der Waals surface area (Å²) in [5.74, 6) is 0. The highest BCUT2D eigenvalue weighted by Gasteiger charge is 2.42. The summed E-state index contributed by atoms with van der Waals surface area (Å²) in [6.45, 7) is 1.19. The predicted molar refractivity (Wildman–Crippen MR) is 64.8 cm³/mol. The summed E-state index contributed by atoms with van der Waals surface area (Å²) in [5.41, 5.74) is -0.196. The van der Waals surface area contributed by atoms with Crippen molar-refractivity contribution in [2.75, 3.05) is 18.0 Å². The van der Waals surface area contributed by atoms with E-state index in [1.165, 1.54) is 24.3 Å². The van der Waals surface area contributed by atoms with Crippen LogP contribution in [0, 0.1) is 0 Å². The van der Waals surface area contributed by atoms with E-state index in [0.717, 1.165) is 0 Å². The monoisotopic (exact) mass is 273 g/mol. The number of anilines is 1. The number of hydrogen-bond donors (Lipinski definition) is 2. The molecule has 1 fully saturated rings. The van der Waals surface area contributed by atoms with Gasteiger partial charge in [0.1, 0.15) is 0 Å². The van der Waals surface area contributed by atoms with Crippen molar-refractivity contribution < 1.29 is 18.0 Å². The van der Waals surface area contributed by atoms with Gasteiger partial charge in [-0.3, -0.25) is 0 Å². The molecule has 2 N–H and O–H groups in total. The maximum absolute atomic E-state index is 13.0. The van der Waals surface area contributed by atoms with Crippen molar-refractivity contribution in [3.63, 3.8) is 0 Å². The molecule has 1 heterocycles. The van der Waals surface area contributed by atoms with Crippen molar-refractivity contribution in [1.82, 2.24) is 10.6 Å². The van der Waals surface area contributed by atoms with E-state index in [4.69, 9.17) is 0 Å². The van der Waals surface area contributed by atoms with E-state index in [-0.39, 0.29) is 16.6 Å². The highest BCUT2D eigenvalue weighted by Crippen LogP contribution is 2.28. The van der Waals surface area contributed by atoms with Gasteiger partial charge in [-0.05, 0) is 25.1 Å². The van der Waals surface area contributed by atoms with Crippen LogP contribution in [-0.2, 0) is 0 Å². The number of urea groups is 1. The third kappa shape index (κ3) is 3.37. The molecule has 0 bridgehead atoms. The zero-order chi connectivity index (χ0) is 13.9. The van der Waals surface area contributed by atoms with Gasteiger partial charge in [-0.1, -0.05) is 18.2 Å². The van der Waals surface area contributed by atoms with Crippen LogP contribution in [0.1, 0.15) is 6.42 Å². The molecular formula is C12H14F3N3O. The number of rotatable bonds is 2. The predicted octanol–water partition coefficient (Wildman–Crippen LogP) is 2.08. The number of carbonyl (C=O) groups is 1. The fourth-order valence-electron chi connectivity index (χ4n) is 1.97. The molecule has 2 amide bonds. The number of benzene rings is 1. The molecule has 7 heteroatoms. The molecule has 0 aliphatic carbocycles. The summed E-state index contributed by atoms with van der Waals surface area (Å²) in [7, 11) is 0. The van der Waals surface area contributed by atoms with E-state index in [1.807, 2.05) is 0 Å². The molecule has 2 rings (SSSR count). The van der Waals surface area contributed by atoms with Crippen LogP contribution in [0.25, 0.3) is 0 Å². The van der Waals surface area contributed by atoms with Crippen LogP contribution in [-0.4, -0.2) is 31.5 Å². The fourth-order valence-corrected chi connectivity index (χ4v) is 1.97. The molecule has 1 aliphatic heterocycles. The number of amides is 2. The smallest absolute Gasteiger partial charge is 0.333 e. The maximum atomic E-state index is 13.0. The van der Waals surface area contributed by atoms with Gasteiger partial charge in [-0.15, -0.1) is 13.2 Å². The van der Waals surface area contributed by atoms with Gasteiger partial charge < -0.3 is 10.6 Å². The maximum Gasteiger partial charge on any atom is 0.493 e. The lowest BCUT2D eigenvalue weighted by atomic mass is 10.2. The lowest BCUT2D eigenvalue weighted by Gasteiger charge is -2.26. The minimum absolute atomic E-state index is 0.175. The Morgan fingerprint density at radius 2 is 2.00 bits per heavy atom. The minimum Gasteiger partial charge on any atom is -0.333 e. The van der Waals surface area contributed by atoms with Gasteiger partial charge in [-0.2, -0.15) is 0 Å². The normalized spacial score (nSPS) is 19.2. The Kier molecular flexibility index (Phi) is 3.94. The van der Waals surface area contributed by atoms with Crippen molar-refractivity contribution >= 4 is 11.7 Å². The van der Waals surface area contributed by atoms with Crippen LogP contribution in [0.3, 0.4) is 0 Å². The van der Waals surface area contributed by atoms with Gasteiger partial charge in [0, 0.05) is 12.6 Å². The average molecular weight is 273 g/mol. The van der Waals surface area contributed by atoms with Gasteiger partial charge >= 0.3 is 12.3 Å². The van der Waals surface area contributed by atoms with Crippen LogP contribution >= 0.6 is 0 Å². The molecule has 1 aromatic rings. The summed E-state index contributed by atoms with van der Waals surface area (Å²) in [4.78, 5) is 11.6. The van der Waals surface area contributed by atoms with Crippen LogP contribution in [0.5, 0.6) is 0 Å². The van der Waals surface area contributed by atoms with Gasteiger partial charge in [0.15, 0.2) is 0 Å². The Morgan fingerprint density at radius 1 is 1.32 bits per heavy atom. The number of halogens is 3. The summed E-state index contributed by atoms with van der Waals surface area (Å²) in [6.07, 6.45) is -4.12. The van der Waals surface area contributed by atoms with Crippen molar-refractivity contribution in [2.24, 2.45) is 0 Å². The second-order valence-electron chi connectivity index (χ2n) is 4.28. The largest absolute Gasteiger partial charge is 0.493 e. The molecule has 1 aliphatic rings. The quantitative estimate of drug-likeness (QED) is 0.810. The van der Waals surface area contributed by atoms with E-state index in [1.54, 1.807) is 6.07 Å². The summed E-state index contributed by atoms with van der Waals surface area (Å²) in [5, 5.41) is 5.37. The molecule has 104 valence electrons. The second kappa shape index (κ2) is 5.48. The van der Waals surface area contributed by atoms with Gasteiger partial charge in [0.2, 0.25) is 0 Å². The lowest BCUT2D eigenvalue weighted by Crippen LogP contribution is -2.51. The van der Waals surface area contributed by atoms with Crippen molar-refractivity contribution in [3.8, 4) is 0 Å². The molecule has 0 radical (unpaired) electrons.